The summed E-state index contributed by atoms with van der Waals surface area (Å²) in [5.74, 6) is 5.06. The lowest BCUT2D eigenvalue weighted by molar-refractivity contribution is -0.206. The SMILES string of the molecule is CCCCC#CC1=C(C)OC(C)(C)OC1=O. The summed E-state index contributed by atoms with van der Waals surface area (Å²) in [6.07, 6.45) is 2.94. The zero-order valence-electron chi connectivity index (χ0n) is 10.3. The van der Waals surface area contributed by atoms with Crippen LogP contribution in [0.2, 0.25) is 0 Å². The molecule has 0 amide bonds. The van der Waals surface area contributed by atoms with Crippen LogP contribution in [0.4, 0.5) is 0 Å². The van der Waals surface area contributed by atoms with Crippen molar-refractivity contribution in [2.45, 2.75) is 52.7 Å². The predicted octanol–water partition coefficient (Wildman–Crippen LogP) is 2.76. The van der Waals surface area contributed by atoms with Gasteiger partial charge in [0.05, 0.1) is 0 Å². The number of rotatable bonds is 2. The standard InChI is InChI=1S/C13H18O3/c1-5-6-7-8-9-11-10(2)15-13(3,4)16-12(11)14/h5-7H2,1-4H3. The Balaban J connectivity index is 2.78. The van der Waals surface area contributed by atoms with Crippen molar-refractivity contribution in [3.8, 4) is 11.8 Å². The lowest BCUT2D eigenvalue weighted by Gasteiger charge is -2.30. The third kappa shape index (κ3) is 3.30. The summed E-state index contributed by atoms with van der Waals surface area (Å²) >= 11 is 0. The van der Waals surface area contributed by atoms with Crippen LogP contribution >= 0.6 is 0 Å². The zero-order chi connectivity index (χ0) is 12.2. The third-order valence-electron chi connectivity index (χ3n) is 2.16. The van der Waals surface area contributed by atoms with Crippen LogP contribution in [0.25, 0.3) is 0 Å². The van der Waals surface area contributed by atoms with Crippen LogP contribution in [0, 0.1) is 11.8 Å². The van der Waals surface area contributed by atoms with Gasteiger partial charge >= 0.3 is 5.97 Å². The molecule has 0 aromatic rings. The van der Waals surface area contributed by atoms with E-state index in [4.69, 9.17) is 9.47 Å². The number of hydrogen-bond acceptors (Lipinski definition) is 3. The van der Waals surface area contributed by atoms with E-state index in [0.717, 1.165) is 19.3 Å². The van der Waals surface area contributed by atoms with Gasteiger partial charge in [0.15, 0.2) is 0 Å². The number of hydrogen-bond donors (Lipinski definition) is 0. The molecule has 88 valence electrons. The molecule has 3 nitrogen and oxygen atoms in total. The molecule has 0 N–H and O–H groups in total. The molecule has 0 bridgehead atoms. The van der Waals surface area contributed by atoms with E-state index in [1.165, 1.54) is 0 Å². The van der Waals surface area contributed by atoms with Crippen molar-refractivity contribution >= 4 is 5.97 Å². The van der Waals surface area contributed by atoms with Gasteiger partial charge in [-0.25, -0.2) is 4.79 Å². The van der Waals surface area contributed by atoms with Crippen LogP contribution in [-0.4, -0.2) is 11.8 Å². The predicted molar refractivity (Wildman–Crippen MR) is 61.3 cm³/mol. The maximum Gasteiger partial charge on any atom is 0.353 e. The summed E-state index contributed by atoms with van der Waals surface area (Å²) in [5, 5.41) is 0. The number of esters is 1. The van der Waals surface area contributed by atoms with Crippen molar-refractivity contribution in [2.24, 2.45) is 0 Å². The molecule has 0 aromatic heterocycles. The minimum Gasteiger partial charge on any atom is -0.456 e. The van der Waals surface area contributed by atoms with E-state index in [9.17, 15) is 4.79 Å². The van der Waals surface area contributed by atoms with Gasteiger partial charge in [-0.2, -0.15) is 0 Å². The van der Waals surface area contributed by atoms with Crippen molar-refractivity contribution in [2.75, 3.05) is 0 Å². The van der Waals surface area contributed by atoms with E-state index in [1.54, 1.807) is 20.8 Å². The molecule has 1 heterocycles. The number of carbonyl (C=O) groups excluding carboxylic acids is 1. The average molecular weight is 222 g/mol. The Kier molecular flexibility index (Phi) is 4.00. The Labute approximate surface area is 96.8 Å². The van der Waals surface area contributed by atoms with Crippen LogP contribution in [0.15, 0.2) is 11.3 Å². The molecular weight excluding hydrogens is 204 g/mol. The number of ether oxygens (including phenoxy) is 2. The highest BCUT2D eigenvalue weighted by Gasteiger charge is 2.33. The summed E-state index contributed by atoms with van der Waals surface area (Å²) in [6, 6.07) is 0. The van der Waals surface area contributed by atoms with Crippen molar-refractivity contribution in [3.05, 3.63) is 11.3 Å². The molecule has 1 rings (SSSR count). The third-order valence-corrected chi connectivity index (χ3v) is 2.16. The van der Waals surface area contributed by atoms with Crippen LogP contribution in [0.1, 0.15) is 47.0 Å². The summed E-state index contributed by atoms with van der Waals surface area (Å²) in [7, 11) is 0. The van der Waals surface area contributed by atoms with Crippen LogP contribution in [0.3, 0.4) is 0 Å². The van der Waals surface area contributed by atoms with Gasteiger partial charge in [-0.15, -0.1) is 0 Å². The molecule has 0 aliphatic carbocycles. The van der Waals surface area contributed by atoms with E-state index in [0.29, 0.717) is 11.3 Å². The first-order valence-corrected chi connectivity index (χ1v) is 5.58. The Morgan fingerprint density at radius 3 is 2.56 bits per heavy atom. The van der Waals surface area contributed by atoms with Gasteiger partial charge in [0, 0.05) is 20.3 Å². The molecule has 0 spiro atoms. The highest BCUT2D eigenvalue weighted by atomic mass is 16.7. The van der Waals surface area contributed by atoms with Crippen LogP contribution in [0.5, 0.6) is 0 Å². The van der Waals surface area contributed by atoms with Crippen LogP contribution in [-0.2, 0) is 14.3 Å². The smallest absolute Gasteiger partial charge is 0.353 e. The van der Waals surface area contributed by atoms with Gasteiger partial charge in [0.2, 0.25) is 5.79 Å². The quantitative estimate of drug-likeness (QED) is 0.409. The second kappa shape index (κ2) is 5.07. The number of allylic oxidation sites excluding steroid dienone is 1. The normalized spacial score (nSPS) is 18.4. The highest BCUT2D eigenvalue weighted by molar-refractivity contribution is 5.94. The highest BCUT2D eigenvalue weighted by Crippen LogP contribution is 2.25. The van der Waals surface area contributed by atoms with E-state index in [-0.39, 0.29) is 0 Å². The molecule has 0 atom stereocenters. The lowest BCUT2D eigenvalue weighted by atomic mass is 10.2. The minimum atomic E-state index is -0.879. The van der Waals surface area contributed by atoms with Gasteiger partial charge in [-0.3, -0.25) is 0 Å². The molecule has 0 fully saturated rings. The summed E-state index contributed by atoms with van der Waals surface area (Å²) < 4.78 is 10.5. The molecule has 0 saturated heterocycles. The van der Waals surface area contributed by atoms with Gasteiger partial charge < -0.3 is 9.47 Å². The maximum atomic E-state index is 11.6. The Morgan fingerprint density at radius 2 is 2.00 bits per heavy atom. The van der Waals surface area contributed by atoms with Crippen molar-refractivity contribution in [1.82, 2.24) is 0 Å². The van der Waals surface area contributed by atoms with E-state index in [2.05, 4.69) is 18.8 Å². The first-order valence-electron chi connectivity index (χ1n) is 5.58. The molecule has 3 heteroatoms. The number of unbranched alkanes of at least 4 members (excludes halogenated alkanes) is 2. The Bertz CT molecular complexity index is 366. The monoisotopic (exact) mass is 222 g/mol. The number of cyclic esters (lactones) is 1. The summed E-state index contributed by atoms with van der Waals surface area (Å²) in [6.45, 7) is 7.25. The fourth-order valence-electron chi connectivity index (χ4n) is 1.41. The van der Waals surface area contributed by atoms with Crippen molar-refractivity contribution in [1.29, 1.82) is 0 Å². The maximum absolute atomic E-state index is 11.6. The van der Waals surface area contributed by atoms with E-state index >= 15 is 0 Å². The molecule has 0 radical (unpaired) electrons. The first-order chi connectivity index (χ1) is 7.46. The average Bonchev–Trinajstić information content (AvgIpc) is 2.13. The minimum absolute atomic E-state index is 0.343. The van der Waals surface area contributed by atoms with Gasteiger partial charge in [-0.1, -0.05) is 25.2 Å². The van der Waals surface area contributed by atoms with E-state index < -0.39 is 11.8 Å². The second-order valence-electron chi connectivity index (χ2n) is 4.23. The van der Waals surface area contributed by atoms with Gasteiger partial charge in [0.1, 0.15) is 11.3 Å². The van der Waals surface area contributed by atoms with Crippen molar-refractivity contribution < 1.29 is 14.3 Å². The second-order valence-corrected chi connectivity index (χ2v) is 4.23. The lowest BCUT2D eigenvalue weighted by Crippen LogP contribution is -2.36. The fourth-order valence-corrected chi connectivity index (χ4v) is 1.41. The summed E-state index contributed by atoms with van der Waals surface area (Å²) in [4.78, 5) is 11.6. The van der Waals surface area contributed by atoms with E-state index in [1.807, 2.05) is 0 Å². The Morgan fingerprint density at radius 1 is 1.31 bits per heavy atom. The first kappa shape index (κ1) is 12.6. The molecule has 16 heavy (non-hydrogen) atoms. The molecule has 1 aliphatic heterocycles. The molecular formula is C13H18O3. The fraction of sp³-hybridized carbons (Fsp3) is 0.615. The largest absolute Gasteiger partial charge is 0.456 e. The van der Waals surface area contributed by atoms with Gasteiger partial charge in [-0.05, 0) is 13.3 Å². The van der Waals surface area contributed by atoms with Crippen LogP contribution < -0.4 is 0 Å². The summed E-state index contributed by atoms with van der Waals surface area (Å²) in [5.41, 5.74) is 0.343. The Hall–Kier alpha value is -1.43. The molecule has 0 saturated carbocycles. The topological polar surface area (TPSA) is 35.5 Å². The van der Waals surface area contributed by atoms with Crippen molar-refractivity contribution in [3.63, 3.8) is 0 Å². The molecule has 0 unspecified atom stereocenters. The zero-order valence-corrected chi connectivity index (χ0v) is 10.3. The molecule has 1 aliphatic rings. The molecule has 0 aromatic carbocycles. The van der Waals surface area contributed by atoms with Gasteiger partial charge in [0.25, 0.3) is 0 Å². The number of carbonyl (C=O) groups is 1.